The number of ether oxygens (including phenoxy) is 6. The van der Waals surface area contributed by atoms with Gasteiger partial charge in [0.05, 0.1) is 35.5 Å². The normalized spacial score (nSPS) is 19.6. The summed E-state index contributed by atoms with van der Waals surface area (Å²) in [5.41, 5.74) is 2.25. The molecule has 9 rings (SSSR count). The summed E-state index contributed by atoms with van der Waals surface area (Å²) in [6, 6.07) is 42.6. The predicted octanol–water partition coefficient (Wildman–Crippen LogP) is 16.2. The lowest BCUT2D eigenvalue weighted by atomic mass is 9.82. The van der Waals surface area contributed by atoms with Gasteiger partial charge in [0, 0.05) is 23.3 Å². The summed E-state index contributed by atoms with van der Waals surface area (Å²) >= 11 is 18.3. The van der Waals surface area contributed by atoms with Crippen LogP contribution in [0.1, 0.15) is 92.5 Å². The molecule has 0 unspecified atom stereocenters. The van der Waals surface area contributed by atoms with E-state index in [2.05, 4.69) is 31.9 Å². The van der Waals surface area contributed by atoms with E-state index in [1.54, 1.807) is 97.1 Å². The molecule has 0 amide bonds. The third-order valence-electron chi connectivity index (χ3n) is 13.8. The first kappa shape index (κ1) is 59.3. The molecule has 3 aliphatic rings. The van der Waals surface area contributed by atoms with E-state index < -0.39 is 0 Å². The van der Waals surface area contributed by atoms with Gasteiger partial charge < -0.3 is 28.4 Å². The maximum atomic E-state index is 12.3. The number of aryl methyl sites for hydroxylation is 2. The SMILES string of the molecule is Cc1ccc(OC(=O)C2CCC(C(=O)Oc3ccc(C)cc3)CC2)cc1.O=C(Oc1ccc(Br)cc1)C1CCC(C(=O)Oc2ccc(Br)cc2)CC1.O=C(Oc1ccc(Cl)cc1)C1CCC(C(=O)Oc2ccc(Cl)cc2)CC1.[HH].[HH].[HH]. The van der Waals surface area contributed by atoms with Crippen LogP contribution in [-0.2, 0) is 28.8 Å². The van der Waals surface area contributed by atoms with Gasteiger partial charge in [0.25, 0.3) is 0 Å². The number of carbonyl (C=O) groups excluding carboxylic acids is 6. The zero-order valence-corrected chi connectivity index (χ0v) is 47.9. The first-order valence-corrected chi connectivity index (χ1v) is 28.3. The second kappa shape index (κ2) is 29.6. The van der Waals surface area contributed by atoms with Crippen LogP contribution < -0.4 is 28.4 Å². The molecule has 0 bridgehead atoms. The van der Waals surface area contributed by atoms with E-state index in [1.165, 1.54) is 0 Å². The third-order valence-corrected chi connectivity index (χ3v) is 15.4. The molecule has 0 aromatic heterocycles. The number of carbonyl (C=O) groups is 6. The summed E-state index contributed by atoms with van der Waals surface area (Å²) in [7, 11) is 0. The van der Waals surface area contributed by atoms with Gasteiger partial charge in [0.1, 0.15) is 34.5 Å². The van der Waals surface area contributed by atoms with E-state index in [-0.39, 0.29) is 75.6 Å². The van der Waals surface area contributed by atoms with Crippen LogP contribution in [0.15, 0.2) is 155 Å². The number of esters is 6. The minimum absolute atomic E-state index is 0. The number of rotatable bonds is 12. The van der Waals surface area contributed by atoms with Crippen molar-refractivity contribution in [1.29, 1.82) is 0 Å². The molecule has 0 heterocycles. The molecule has 16 heteroatoms. The zero-order valence-electron chi connectivity index (χ0n) is 43.2. The smallest absolute Gasteiger partial charge is 0.314 e. The molecule has 78 heavy (non-hydrogen) atoms. The largest absolute Gasteiger partial charge is 0.426 e. The maximum Gasteiger partial charge on any atom is 0.314 e. The Morgan fingerprint density at radius 2 is 0.462 bits per heavy atom. The molecule has 6 aromatic rings. The molecule has 3 saturated carbocycles. The summed E-state index contributed by atoms with van der Waals surface area (Å²) in [4.78, 5) is 73.8. The Bertz CT molecular complexity index is 2420. The average Bonchev–Trinajstić information content (AvgIpc) is 3.45. The number of hydrogen-bond acceptors (Lipinski definition) is 12. The molecule has 0 spiro atoms. The molecule has 0 atom stereocenters. The number of halogens is 4. The molecule has 0 saturated heterocycles. The average molecular weight is 1230 g/mol. The van der Waals surface area contributed by atoms with Crippen molar-refractivity contribution in [1.82, 2.24) is 0 Å². The highest BCUT2D eigenvalue weighted by Crippen LogP contribution is 2.35. The molecular weight excluding hydrogens is 1170 g/mol. The van der Waals surface area contributed by atoms with E-state index in [0.29, 0.717) is 122 Å². The van der Waals surface area contributed by atoms with Gasteiger partial charge in [-0.1, -0.05) is 90.5 Å². The Kier molecular flexibility index (Phi) is 22.5. The van der Waals surface area contributed by atoms with Crippen molar-refractivity contribution < 1.29 is 61.5 Å². The van der Waals surface area contributed by atoms with Crippen molar-refractivity contribution in [2.24, 2.45) is 35.5 Å². The Balaban J connectivity index is 0.000000257. The van der Waals surface area contributed by atoms with Gasteiger partial charge in [0.15, 0.2) is 0 Å². The van der Waals surface area contributed by atoms with Crippen LogP contribution >= 0.6 is 55.1 Å². The summed E-state index contributed by atoms with van der Waals surface area (Å²) in [5, 5.41) is 1.18. The standard InChI is InChI=1S/C22H24O4.C20H18Br2O4.C20H18Cl2O4.3H2/c1-15-3-11-19(12-4-15)25-21(23)17-7-9-18(10-8-17)22(24)26-20-13-5-16(2)6-14-20;2*21-15-5-9-17(10-6-15)25-19(23)13-1-2-14(4-3-13)20(24)26-18-11-7-16(22)8-12-18;;;/h3-6,11-14,17-18H,7-10H2,1-2H3;2*5-14H,1-4H2;3*1H. The highest BCUT2D eigenvalue weighted by Gasteiger charge is 2.35. The molecule has 0 N–H and O–H groups in total. The van der Waals surface area contributed by atoms with E-state index in [4.69, 9.17) is 51.6 Å². The summed E-state index contributed by atoms with van der Waals surface area (Å²) in [6.07, 6.45) is 7.56. The van der Waals surface area contributed by atoms with Crippen molar-refractivity contribution in [2.75, 3.05) is 0 Å². The fourth-order valence-corrected chi connectivity index (χ4v) is 9.90. The van der Waals surface area contributed by atoms with Crippen LogP contribution in [0.2, 0.25) is 10.0 Å². The highest BCUT2D eigenvalue weighted by molar-refractivity contribution is 9.10. The number of hydrogen-bond donors (Lipinski definition) is 0. The fraction of sp³-hybridized carbons (Fsp3) is 0.323. The molecule has 0 radical (unpaired) electrons. The van der Waals surface area contributed by atoms with E-state index in [9.17, 15) is 28.8 Å². The Labute approximate surface area is 486 Å². The first-order chi connectivity index (χ1) is 37.5. The van der Waals surface area contributed by atoms with Crippen molar-refractivity contribution in [3.8, 4) is 34.5 Å². The predicted molar refractivity (Wildman–Crippen MR) is 310 cm³/mol. The molecule has 3 aliphatic carbocycles. The number of benzene rings is 6. The minimum atomic E-state index is -0.267. The molecular formula is C62H66Br2Cl2O12. The second-order valence-electron chi connectivity index (χ2n) is 19.6. The fourth-order valence-electron chi connectivity index (χ4n) is 9.11. The van der Waals surface area contributed by atoms with E-state index in [0.717, 1.165) is 20.1 Å². The lowest BCUT2D eigenvalue weighted by Gasteiger charge is -2.25. The minimum Gasteiger partial charge on any atom is -0.426 e. The molecule has 12 nitrogen and oxygen atoms in total. The monoisotopic (exact) mass is 1230 g/mol. The molecule has 414 valence electrons. The van der Waals surface area contributed by atoms with Crippen molar-refractivity contribution in [3.63, 3.8) is 0 Å². The van der Waals surface area contributed by atoms with Gasteiger partial charge >= 0.3 is 35.8 Å². The van der Waals surface area contributed by atoms with E-state index >= 15 is 0 Å². The van der Waals surface area contributed by atoms with Crippen LogP contribution in [-0.4, -0.2) is 35.8 Å². The van der Waals surface area contributed by atoms with Crippen LogP contribution in [0.5, 0.6) is 34.5 Å². The summed E-state index contributed by atoms with van der Waals surface area (Å²) in [6.45, 7) is 3.98. The Hall–Kier alpha value is -6.32. The first-order valence-electron chi connectivity index (χ1n) is 26.0. The Morgan fingerprint density at radius 3 is 0.641 bits per heavy atom. The topological polar surface area (TPSA) is 158 Å². The zero-order chi connectivity index (χ0) is 55.6. The lowest BCUT2D eigenvalue weighted by Crippen LogP contribution is -2.30. The van der Waals surface area contributed by atoms with Crippen LogP contribution in [0.4, 0.5) is 0 Å². The van der Waals surface area contributed by atoms with E-state index in [1.807, 2.05) is 62.4 Å². The quantitative estimate of drug-likeness (QED) is 0.0845. The molecule has 6 aromatic carbocycles. The maximum absolute atomic E-state index is 12.3. The van der Waals surface area contributed by atoms with Gasteiger partial charge in [-0.25, -0.2) is 0 Å². The van der Waals surface area contributed by atoms with Gasteiger partial charge in [0.2, 0.25) is 0 Å². The summed E-state index contributed by atoms with van der Waals surface area (Å²) < 4.78 is 34.4. The van der Waals surface area contributed by atoms with Crippen LogP contribution in [0, 0.1) is 49.4 Å². The van der Waals surface area contributed by atoms with Crippen molar-refractivity contribution in [2.45, 2.75) is 90.9 Å². The van der Waals surface area contributed by atoms with Crippen LogP contribution in [0.3, 0.4) is 0 Å². The van der Waals surface area contributed by atoms with Gasteiger partial charge in [-0.15, -0.1) is 0 Å². The van der Waals surface area contributed by atoms with Crippen molar-refractivity contribution in [3.05, 3.63) is 176 Å². The van der Waals surface area contributed by atoms with Gasteiger partial charge in [-0.3, -0.25) is 28.8 Å². The Morgan fingerprint density at radius 1 is 0.308 bits per heavy atom. The van der Waals surface area contributed by atoms with Gasteiger partial charge in [-0.2, -0.15) is 0 Å². The summed E-state index contributed by atoms with van der Waals surface area (Å²) in [5.74, 6) is 0.701. The highest BCUT2D eigenvalue weighted by atomic mass is 79.9. The van der Waals surface area contributed by atoms with Crippen LogP contribution in [0.25, 0.3) is 0 Å². The molecule has 3 fully saturated rings. The molecule has 0 aliphatic heterocycles. The second-order valence-corrected chi connectivity index (χ2v) is 22.3. The third kappa shape index (κ3) is 19.0. The van der Waals surface area contributed by atoms with Gasteiger partial charge in [-0.05, 0) is 212 Å². The van der Waals surface area contributed by atoms with Crippen molar-refractivity contribution >= 4 is 90.9 Å². The lowest BCUT2D eigenvalue weighted by molar-refractivity contribution is -0.145.